The van der Waals surface area contributed by atoms with Crippen LogP contribution in [0.15, 0.2) is 43.0 Å². The van der Waals surface area contributed by atoms with Crippen molar-refractivity contribution in [2.75, 3.05) is 6.61 Å². The summed E-state index contributed by atoms with van der Waals surface area (Å²) < 4.78 is 19.6. The van der Waals surface area contributed by atoms with Crippen molar-refractivity contribution in [3.8, 4) is 5.75 Å². The highest BCUT2D eigenvalue weighted by atomic mass is 19.1. The van der Waals surface area contributed by atoms with E-state index >= 15 is 0 Å². The highest BCUT2D eigenvalue weighted by Gasteiger charge is 2.35. The number of ether oxygens (including phenoxy) is 1. The molecule has 2 aliphatic rings. The molecule has 2 heteroatoms. The van der Waals surface area contributed by atoms with Crippen molar-refractivity contribution in [1.29, 1.82) is 0 Å². The molecule has 2 aliphatic carbocycles. The zero-order valence-electron chi connectivity index (χ0n) is 14.7. The van der Waals surface area contributed by atoms with Crippen LogP contribution < -0.4 is 4.74 Å². The number of rotatable bonds is 5. The summed E-state index contributed by atoms with van der Waals surface area (Å²) in [6.45, 7) is 6.07. The second-order valence-corrected chi connectivity index (χ2v) is 7.42. The molecule has 0 radical (unpaired) electrons. The predicted octanol–water partition coefficient (Wildman–Crippen LogP) is 6.27. The van der Waals surface area contributed by atoms with E-state index in [0.717, 1.165) is 23.3 Å². The first-order valence-corrected chi connectivity index (χ1v) is 9.37. The molecule has 4 atom stereocenters. The van der Waals surface area contributed by atoms with Gasteiger partial charge in [0.25, 0.3) is 0 Å². The highest BCUT2D eigenvalue weighted by Crippen LogP contribution is 2.48. The Bertz CT molecular complexity index is 592. The molecule has 0 aliphatic heterocycles. The van der Waals surface area contributed by atoms with E-state index in [-0.39, 0.29) is 5.82 Å². The lowest BCUT2D eigenvalue weighted by atomic mass is 9.64. The van der Waals surface area contributed by atoms with E-state index in [1.165, 1.54) is 38.5 Å². The van der Waals surface area contributed by atoms with Crippen LogP contribution in [0.4, 0.5) is 4.39 Å². The number of allylic oxidation sites excluding steroid dienone is 2. The summed E-state index contributed by atoms with van der Waals surface area (Å²) >= 11 is 0. The largest absolute Gasteiger partial charge is 0.486 e. The maximum Gasteiger partial charge on any atom is 0.165 e. The smallest absolute Gasteiger partial charge is 0.165 e. The molecule has 0 spiro atoms. The number of benzene rings is 1. The number of fused-ring (bicyclic) bond motifs is 1. The lowest BCUT2D eigenvalue weighted by Gasteiger charge is -2.41. The molecule has 0 saturated heterocycles. The number of hydrogen-bond donors (Lipinski definition) is 0. The Morgan fingerprint density at radius 2 is 1.96 bits per heavy atom. The Balaban J connectivity index is 1.63. The van der Waals surface area contributed by atoms with Gasteiger partial charge in [0.1, 0.15) is 6.61 Å². The van der Waals surface area contributed by atoms with E-state index in [2.05, 4.69) is 31.7 Å². The molecule has 4 unspecified atom stereocenters. The van der Waals surface area contributed by atoms with Gasteiger partial charge in [0.15, 0.2) is 11.6 Å². The normalized spacial score (nSPS) is 30.1. The Morgan fingerprint density at radius 3 is 2.71 bits per heavy atom. The minimum atomic E-state index is -0.242. The van der Waals surface area contributed by atoms with E-state index in [1.807, 2.05) is 0 Å². The van der Waals surface area contributed by atoms with Gasteiger partial charge in [-0.3, -0.25) is 0 Å². The first-order valence-electron chi connectivity index (χ1n) is 9.37. The van der Waals surface area contributed by atoms with Crippen molar-refractivity contribution in [2.24, 2.45) is 17.8 Å². The topological polar surface area (TPSA) is 9.23 Å². The second-order valence-electron chi connectivity index (χ2n) is 7.42. The van der Waals surface area contributed by atoms with Crippen LogP contribution in [0, 0.1) is 23.6 Å². The third kappa shape index (κ3) is 3.91. The van der Waals surface area contributed by atoms with Crippen LogP contribution in [0.5, 0.6) is 5.75 Å². The Morgan fingerprint density at radius 1 is 1.17 bits per heavy atom. The average Bonchev–Trinajstić information content (AvgIpc) is 2.60. The van der Waals surface area contributed by atoms with Crippen molar-refractivity contribution >= 4 is 0 Å². The van der Waals surface area contributed by atoms with Gasteiger partial charge in [-0.1, -0.05) is 30.9 Å². The molecule has 0 amide bonds. The molecule has 24 heavy (non-hydrogen) atoms. The zero-order valence-corrected chi connectivity index (χ0v) is 14.7. The van der Waals surface area contributed by atoms with E-state index < -0.39 is 0 Å². The molecular weight excluding hydrogens is 299 g/mol. The van der Waals surface area contributed by atoms with Crippen molar-refractivity contribution in [3.05, 3.63) is 54.4 Å². The Labute approximate surface area is 145 Å². The lowest BCUT2D eigenvalue weighted by Crippen LogP contribution is -2.30. The summed E-state index contributed by atoms with van der Waals surface area (Å²) in [6, 6.07) is 5.52. The van der Waals surface area contributed by atoms with Crippen LogP contribution in [-0.2, 0) is 0 Å². The fourth-order valence-electron chi connectivity index (χ4n) is 4.71. The third-order valence-corrected chi connectivity index (χ3v) is 5.90. The van der Waals surface area contributed by atoms with Crippen molar-refractivity contribution in [1.82, 2.24) is 0 Å². The zero-order chi connectivity index (χ0) is 16.9. The van der Waals surface area contributed by atoms with Crippen molar-refractivity contribution in [2.45, 2.75) is 51.4 Å². The predicted molar refractivity (Wildman–Crippen MR) is 97.8 cm³/mol. The van der Waals surface area contributed by atoms with Crippen LogP contribution in [-0.4, -0.2) is 6.61 Å². The fourth-order valence-corrected chi connectivity index (χ4v) is 4.71. The Hall–Kier alpha value is -1.57. The van der Waals surface area contributed by atoms with Gasteiger partial charge in [0.05, 0.1) is 0 Å². The van der Waals surface area contributed by atoms with Gasteiger partial charge in [-0.05, 0) is 86.8 Å². The summed E-state index contributed by atoms with van der Waals surface area (Å²) in [5.41, 5.74) is 1.15. The molecule has 130 valence electrons. The molecule has 3 rings (SSSR count). The average molecular weight is 328 g/mol. The van der Waals surface area contributed by atoms with Crippen molar-refractivity contribution < 1.29 is 9.13 Å². The molecular formula is C22H29FO. The van der Waals surface area contributed by atoms with Crippen LogP contribution in [0.2, 0.25) is 0 Å². The molecule has 2 saturated carbocycles. The monoisotopic (exact) mass is 328 g/mol. The first-order chi connectivity index (χ1) is 11.7. The maximum atomic E-state index is 14.2. The summed E-state index contributed by atoms with van der Waals surface area (Å²) in [5.74, 6) is 3.08. The Kier molecular flexibility index (Phi) is 5.76. The van der Waals surface area contributed by atoms with Crippen molar-refractivity contribution in [3.63, 3.8) is 0 Å². The number of hydrogen-bond acceptors (Lipinski definition) is 1. The lowest BCUT2D eigenvalue weighted by molar-refractivity contribution is 0.133. The standard InChI is InChI=1S/C22H29FO/c1-3-5-16-6-7-18-14-19(9-8-17(18)13-16)20-10-11-22(21(23)15-20)24-12-4-2/h3-5,10-11,15-19H,2,6-9,12-14H2,1H3/b5-3+. The van der Waals surface area contributed by atoms with Gasteiger partial charge in [-0.2, -0.15) is 0 Å². The summed E-state index contributed by atoms with van der Waals surface area (Å²) in [5, 5.41) is 0. The van der Waals surface area contributed by atoms with E-state index in [0.29, 0.717) is 18.3 Å². The van der Waals surface area contributed by atoms with Gasteiger partial charge in [-0.25, -0.2) is 4.39 Å². The van der Waals surface area contributed by atoms with Gasteiger partial charge in [-0.15, -0.1) is 0 Å². The molecule has 1 nitrogen and oxygen atoms in total. The molecule has 0 heterocycles. The summed E-state index contributed by atoms with van der Waals surface area (Å²) in [7, 11) is 0. The molecule has 0 N–H and O–H groups in total. The molecule has 2 fully saturated rings. The third-order valence-electron chi connectivity index (χ3n) is 5.90. The maximum absolute atomic E-state index is 14.2. The highest BCUT2D eigenvalue weighted by molar-refractivity contribution is 5.32. The van der Waals surface area contributed by atoms with Gasteiger partial charge < -0.3 is 4.74 Å². The van der Waals surface area contributed by atoms with Crippen LogP contribution in [0.1, 0.15) is 56.9 Å². The van der Waals surface area contributed by atoms with E-state index in [9.17, 15) is 4.39 Å². The SMILES string of the molecule is C=CCOc1ccc(C2CCC3CC(/C=C/C)CCC3C2)cc1F. The van der Waals surface area contributed by atoms with Crippen LogP contribution in [0.25, 0.3) is 0 Å². The van der Waals surface area contributed by atoms with Gasteiger partial charge in [0.2, 0.25) is 0 Å². The first kappa shape index (κ1) is 17.3. The van der Waals surface area contributed by atoms with Crippen LogP contribution in [0.3, 0.4) is 0 Å². The molecule has 0 aromatic heterocycles. The van der Waals surface area contributed by atoms with Crippen LogP contribution >= 0.6 is 0 Å². The van der Waals surface area contributed by atoms with E-state index in [1.54, 1.807) is 18.2 Å². The molecule has 1 aromatic rings. The van der Waals surface area contributed by atoms with Gasteiger partial charge >= 0.3 is 0 Å². The second kappa shape index (κ2) is 8.00. The van der Waals surface area contributed by atoms with Gasteiger partial charge in [0, 0.05) is 0 Å². The molecule has 1 aromatic carbocycles. The summed E-state index contributed by atoms with van der Waals surface area (Å²) in [6.07, 6.45) is 13.9. The minimum Gasteiger partial charge on any atom is -0.486 e. The summed E-state index contributed by atoms with van der Waals surface area (Å²) in [4.78, 5) is 0. The van der Waals surface area contributed by atoms with E-state index in [4.69, 9.17) is 4.74 Å². The minimum absolute atomic E-state index is 0.242. The fraction of sp³-hybridized carbons (Fsp3) is 0.545. The molecule has 0 bridgehead atoms. The quantitative estimate of drug-likeness (QED) is 0.579. The number of halogens is 1.